The van der Waals surface area contributed by atoms with Crippen LogP contribution in [0.3, 0.4) is 0 Å². The quantitative estimate of drug-likeness (QED) is 0.424. The maximum Gasteiger partial charge on any atom is 0.271 e. The zero-order valence-electron chi connectivity index (χ0n) is 21.2. The second-order valence-corrected chi connectivity index (χ2v) is 10.2. The Kier molecular flexibility index (Phi) is 6.04. The first kappa shape index (κ1) is 24.1. The number of rotatable bonds is 5. The van der Waals surface area contributed by atoms with E-state index in [1.807, 2.05) is 30.3 Å². The van der Waals surface area contributed by atoms with Gasteiger partial charge in [0, 0.05) is 11.1 Å². The third-order valence-corrected chi connectivity index (χ3v) is 8.09. The smallest absolute Gasteiger partial charge is 0.271 e. The van der Waals surface area contributed by atoms with E-state index >= 15 is 0 Å². The summed E-state index contributed by atoms with van der Waals surface area (Å²) in [6.07, 6.45) is 3.45. The number of benzene rings is 3. The SMILES string of the molecule is COc1ccc(OC)c(C2C3=C(N=c4sc(=Cc5ccc(O)c(OC)c5)c(=O)n42)c2ccccc2CC3)c1. The van der Waals surface area contributed by atoms with Crippen LogP contribution in [0.4, 0.5) is 0 Å². The van der Waals surface area contributed by atoms with Crippen molar-refractivity contribution >= 4 is 23.1 Å². The third kappa shape index (κ3) is 3.88. The predicted octanol–water partition coefficient (Wildman–Crippen LogP) is 4.05. The fraction of sp³-hybridized carbons (Fsp3) is 0.200. The lowest BCUT2D eigenvalue weighted by atomic mass is 9.83. The topological polar surface area (TPSA) is 82.3 Å². The second kappa shape index (κ2) is 9.54. The van der Waals surface area contributed by atoms with Gasteiger partial charge in [0.15, 0.2) is 16.3 Å². The minimum atomic E-state index is -0.392. The first-order chi connectivity index (χ1) is 18.5. The number of aryl methyl sites for hydroxylation is 1. The molecule has 6 rings (SSSR count). The molecule has 2 heterocycles. The third-order valence-electron chi connectivity index (χ3n) is 7.11. The number of phenolic OH excluding ortho intramolecular Hbond substituents is 1. The maximum atomic E-state index is 14.0. The highest BCUT2D eigenvalue weighted by molar-refractivity contribution is 7.07. The molecule has 1 aliphatic carbocycles. The zero-order chi connectivity index (χ0) is 26.4. The number of fused-ring (bicyclic) bond motifs is 3. The van der Waals surface area contributed by atoms with Gasteiger partial charge in [-0.1, -0.05) is 41.7 Å². The van der Waals surface area contributed by atoms with E-state index in [9.17, 15) is 9.90 Å². The van der Waals surface area contributed by atoms with Crippen LogP contribution in [-0.4, -0.2) is 31.0 Å². The normalized spacial score (nSPS) is 16.3. The van der Waals surface area contributed by atoms with E-state index in [1.54, 1.807) is 37.0 Å². The number of methoxy groups -OCH3 is 3. The molecule has 3 aromatic carbocycles. The molecule has 0 amide bonds. The van der Waals surface area contributed by atoms with E-state index in [0.29, 0.717) is 26.6 Å². The Balaban J connectivity index is 1.64. The number of ether oxygens (including phenoxy) is 3. The highest BCUT2D eigenvalue weighted by atomic mass is 32.1. The van der Waals surface area contributed by atoms with E-state index in [4.69, 9.17) is 19.2 Å². The van der Waals surface area contributed by atoms with Gasteiger partial charge >= 0.3 is 0 Å². The molecule has 1 aliphatic heterocycles. The maximum absolute atomic E-state index is 14.0. The van der Waals surface area contributed by atoms with Gasteiger partial charge in [-0.2, -0.15) is 0 Å². The molecule has 0 saturated heterocycles. The van der Waals surface area contributed by atoms with E-state index in [-0.39, 0.29) is 11.3 Å². The number of phenols is 1. The summed E-state index contributed by atoms with van der Waals surface area (Å²) in [6.45, 7) is 0. The molecule has 0 fully saturated rings. The number of nitrogens with zero attached hydrogens (tertiary/aromatic N) is 2. The molecule has 1 atom stereocenters. The summed E-state index contributed by atoms with van der Waals surface area (Å²) < 4.78 is 18.9. The average Bonchev–Trinajstić information content (AvgIpc) is 3.26. The van der Waals surface area contributed by atoms with Gasteiger partial charge in [0.25, 0.3) is 5.56 Å². The first-order valence-corrected chi connectivity index (χ1v) is 13.1. The first-order valence-electron chi connectivity index (χ1n) is 12.2. The van der Waals surface area contributed by atoms with Crippen molar-refractivity contribution in [2.24, 2.45) is 4.99 Å². The van der Waals surface area contributed by atoms with Gasteiger partial charge in [0.1, 0.15) is 11.5 Å². The van der Waals surface area contributed by atoms with Crippen LogP contribution in [0.2, 0.25) is 0 Å². The second-order valence-electron chi connectivity index (χ2n) is 9.15. The van der Waals surface area contributed by atoms with Crippen LogP contribution in [0.5, 0.6) is 23.0 Å². The molecule has 0 spiro atoms. The summed E-state index contributed by atoms with van der Waals surface area (Å²) in [5.74, 6) is 1.76. The average molecular weight is 527 g/mol. The summed E-state index contributed by atoms with van der Waals surface area (Å²) in [5.41, 5.74) is 5.81. The Morgan fingerprint density at radius 1 is 0.974 bits per heavy atom. The van der Waals surface area contributed by atoms with Gasteiger partial charge in [0.05, 0.1) is 37.6 Å². The van der Waals surface area contributed by atoms with Crippen LogP contribution < -0.4 is 29.1 Å². The van der Waals surface area contributed by atoms with Crippen molar-refractivity contribution in [3.05, 3.63) is 108 Å². The number of hydrogen-bond donors (Lipinski definition) is 1. The summed E-state index contributed by atoms with van der Waals surface area (Å²) in [6, 6.07) is 18.6. The lowest BCUT2D eigenvalue weighted by Crippen LogP contribution is -2.39. The van der Waals surface area contributed by atoms with Crippen LogP contribution in [0, 0.1) is 0 Å². The Hall–Kier alpha value is -4.30. The highest BCUT2D eigenvalue weighted by Crippen LogP contribution is 2.44. The standard InChI is InChI=1S/C30H26N2O5S/c1-35-19-10-13-24(36-2)22(16-19)28-21-11-9-18-6-4-5-7-20(18)27(21)31-30-32(28)29(34)26(38-30)15-17-8-12-23(33)25(14-17)37-3/h4-8,10,12-16,28,33H,9,11H2,1-3H3. The van der Waals surface area contributed by atoms with Gasteiger partial charge in [-0.05, 0) is 65.9 Å². The van der Waals surface area contributed by atoms with Gasteiger partial charge in [-0.3, -0.25) is 9.36 Å². The fourth-order valence-corrected chi connectivity index (χ4v) is 6.29. The Morgan fingerprint density at radius 2 is 1.79 bits per heavy atom. The molecule has 8 heteroatoms. The van der Waals surface area contributed by atoms with Crippen molar-refractivity contribution in [2.45, 2.75) is 18.9 Å². The van der Waals surface area contributed by atoms with Crippen molar-refractivity contribution in [3.63, 3.8) is 0 Å². The molecule has 38 heavy (non-hydrogen) atoms. The van der Waals surface area contributed by atoms with Crippen LogP contribution in [-0.2, 0) is 6.42 Å². The van der Waals surface area contributed by atoms with Crippen molar-refractivity contribution in [3.8, 4) is 23.0 Å². The van der Waals surface area contributed by atoms with Crippen LogP contribution in [0.15, 0.2) is 76.0 Å². The van der Waals surface area contributed by atoms with Crippen molar-refractivity contribution < 1.29 is 19.3 Å². The largest absolute Gasteiger partial charge is 0.504 e. The van der Waals surface area contributed by atoms with Gasteiger partial charge in [-0.15, -0.1) is 0 Å². The highest BCUT2D eigenvalue weighted by Gasteiger charge is 2.34. The predicted molar refractivity (Wildman–Crippen MR) is 147 cm³/mol. The molecule has 1 N–H and O–H groups in total. The van der Waals surface area contributed by atoms with E-state index in [2.05, 4.69) is 18.2 Å². The number of aromatic hydroxyl groups is 1. The molecular weight excluding hydrogens is 500 g/mol. The van der Waals surface area contributed by atoms with Crippen molar-refractivity contribution in [1.82, 2.24) is 4.57 Å². The van der Waals surface area contributed by atoms with Crippen LogP contribution in [0.25, 0.3) is 11.8 Å². The zero-order valence-corrected chi connectivity index (χ0v) is 22.0. The Labute approximate surface area is 223 Å². The molecule has 1 unspecified atom stereocenters. The summed E-state index contributed by atoms with van der Waals surface area (Å²) >= 11 is 1.35. The van der Waals surface area contributed by atoms with Gasteiger partial charge in [0.2, 0.25) is 0 Å². The number of thiazole rings is 1. The summed E-state index contributed by atoms with van der Waals surface area (Å²) in [7, 11) is 4.76. The molecule has 0 radical (unpaired) electrons. The van der Waals surface area contributed by atoms with Crippen molar-refractivity contribution in [1.29, 1.82) is 0 Å². The Bertz CT molecular complexity index is 1780. The van der Waals surface area contributed by atoms with Crippen LogP contribution >= 0.6 is 11.3 Å². The number of allylic oxidation sites excluding steroid dienone is 1. The molecule has 2 aliphatic rings. The lowest BCUT2D eigenvalue weighted by molar-refractivity contribution is 0.373. The molecule has 7 nitrogen and oxygen atoms in total. The molecule has 192 valence electrons. The molecule has 4 aromatic rings. The summed E-state index contributed by atoms with van der Waals surface area (Å²) in [5, 5.41) is 10.00. The minimum absolute atomic E-state index is 0.0440. The molecule has 0 bridgehead atoms. The van der Waals surface area contributed by atoms with E-state index < -0.39 is 6.04 Å². The monoisotopic (exact) mass is 526 g/mol. The van der Waals surface area contributed by atoms with Gasteiger partial charge in [-0.25, -0.2) is 4.99 Å². The molecular formula is C30H26N2O5S. The lowest BCUT2D eigenvalue weighted by Gasteiger charge is -2.31. The molecule has 0 saturated carbocycles. The fourth-order valence-electron chi connectivity index (χ4n) is 5.29. The van der Waals surface area contributed by atoms with Crippen molar-refractivity contribution in [2.75, 3.05) is 21.3 Å². The summed E-state index contributed by atoms with van der Waals surface area (Å²) in [4.78, 5) is 19.7. The van der Waals surface area contributed by atoms with E-state index in [0.717, 1.165) is 40.8 Å². The van der Waals surface area contributed by atoms with E-state index in [1.165, 1.54) is 24.0 Å². The number of hydrogen-bond acceptors (Lipinski definition) is 7. The Morgan fingerprint density at radius 3 is 2.58 bits per heavy atom. The van der Waals surface area contributed by atoms with Gasteiger partial charge < -0.3 is 19.3 Å². The van der Waals surface area contributed by atoms with Crippen LogP contribution in [0.1, 0.15) is 34.7 Å². The minimum Gasteiger partial charge on any atom is -0.504 e. The number of aromatic nitrogens is 1. The molecule has 1 aromatic heterocycles.